The number of aromatic nitrogens is 4. The maximum atomic E-state index is 12.6. The Balaban J connectivity index is 1.62. The fourth-order valence-corrected chi connectivity index (χ4v) is 3.49. The zero-order valence-corrected chi connectivity index (χ0v) is 13.9. The number of rotatable bonds is 3. The standard InChI is InChI=1S/C17H17ClN4O2/c18-13-8-4-7-12-15(13)19-10-22(17(12)23)9-14-20-16(24-21-14)11-5-2-1-3-6-11/h4,7-8,10-11H,1-3,5-6,9H2. The van der Waals surface area contributed by atoms with Crippen LogP contribution in [0.3, 0.4) is 0 Å². The second-order valence-corrected chi connectivity index (χ2v) is 6.60. The molecule has 1 fully saturated rings. The molecule has 0 saturated heterocycles. The van der Waals surface area contributed by atoms with Crippen LogP contribution in [0.4, 0.5) is 0 Å². The van der Waals surface area contributed by atoms with Crippen LogP contribution in [-0.4, -0.2) is 19.7 Å². The third-order valence-electron chi connectivity index (χ3n) is 4.55. The first-order chi connectivity index (χ1) is 11.7. The summed E-state index contributed by atoms with van der Waals surface area (Å²) in [5, 5.41) is 4.98. The number of para-hydroxylation sites is 1. The minimum atomic E-state index is -0.161. The Hall–Kier alpha value is -2.21. The lowest BCUT2D eigenvalue weighted by atomic mass is 9.89. The Labute approximate surface area is 143 Å². The molecular weight excluding hydrogens is 328 g/mol. The Morgan fingerprint density at radius 3 is 2.92 bits per heavy atom. The number of fused-ring (bicyclic) bond motifs is 1. The van der Waals surface area contributed by atoms with Crippen molar-refractivity contribution in [2.75, 3.05) is 0 Å². The normalized spacial score (nSPS) is 15.9. The van der Waals surface area contributed by atoms with Crippen molar-refractivity contribution in [1.29, 1.82) is 0 Å². The molecule has 1 aliphatic rings. The SMILES string of the molecule is O=c1c2cccc(Cl)c2ncn1Cc1noc(C2CCCCC2)n1. The molecule has 0 N–H and O–H groups in total. The molecule has 0 radical (unpaired) electrons. The summed E-state index contributed by atoms with van der Waals surface area (Å²) < 4.78 is 6.89. The first-order valence-electron chi connectivity index (χ1n) is 8.18. The van der Waals surface area contributed by atoms with Gasteiger partial charge in [-0.25, -0.2) is 4.98 Å². The molecule has 7 heteroatoms. The van der Waals surface area contributed by atoms with Crippen molar-refractivity contribution in [3.8, 4) is 0 Å². The van der Waals surface area contributed by atoms with Crippen LogP contribution >= 0.6 is 11.6 Å². The lowest BCUT2D eigenvalue weighted by Crippen LogP contribution is -2.21. The van der Waals surface area contributed by atoms with Gasteiger partial charge in [0.25, 0.3) is 5.56 Å². The van der Waals surface area contributed by atoms with Crippen molar-refractivity contribution >= 4 is 22.5 Å². The van der Waals surface area contributed by atoms with Gasteiger partial charge in [0.1, 0.15) is 0 Å². The second kappa shape index (κ2) is 6.36. The average molecular weight is 345 g/mol. The van der Waals surface area contributed by atoms with Crippen LogP contribution in [0.25, 0.3) is 10.9 Å². The summed E-state index contributed by atoms with van der Waals surface area (Å²) in [5.74, 6) is 1.54. The molecular formula is C17H17ClN4O2. The van der Waals surface area contributed by atoms with Gasteiger partial charge in [0, 0.05) is 5.92 Å². The van der Waals surface area contributed by atoms with Gasteiger partial charge in [-0.05, 0) is 25.0 Å². The molecule has 0 unspecified atom stereocenters. The third-order valence-corrected chi connectivity index (χ3v) is 4.86. The summed E-state index contributed by atoms with van der Waals surface area (Å²) in [7, 11) is 0. The minimum Gasteiger partial charge on any atom is -0.339 e. The van der Waals surface area contributed by atoms with Gasteiger partial charge in [-0.15, -0.1) is 0 Å². The molecule has 6 nitrogen and oxygen atoms in total. The van der Waals surface area contributed by atoms with E-state index in [0.29, 0.717) is 33.6 Å². The summed E-state index contributed by atoms with van der Waals surface area (Å²) >= 11 is 6.08. The zero-order chi connectivity index (χ0) is 16.5. The van der Waals surface area contributed by atoms with Crippen LogP contribution in [0.2, 0.25) is 5.02 Å². The summed E-state index contributed by atoms with van der Waals surface area (Å²) in [6.07, 6.45) is 7.36. The van der Waals surface area contributed by atoms with Gasteiger partial charge in [-0.1, -0.05) is 42.1 Å². The zero-order valence-electron chi connectivity index (χ0n) is 13.1. The third kappa shape index (κ3) is 2.82. The van der Waals surface area contributed by atoms with Crippen LogP contribution in [-0.2, 0) is 6.54 Å². The molecule has 1 aliphatic carbocycles. The smallest absolute Gasteiger partial charge is 0.261 e. The largest absolute Gasteiger partial charge is 0.339 e. The van der Waals surface area contributed by atoms with Crippen LogP contribution in [0.5, 0.6) is 0 Å². The molecule has 2 heterocycles. The van der Waals surface area contributed by atoms with Crippen LogP contribution in [0, 0.1) is 0 Å². The summed E-state index contributed by atoms with van der Waals surface area (Å²) in [6, 6.07) is 5.18. The van der Waals surface area contributed by atoms with Gasteiger partial charge >= 0.3 is 0 Å². The summed E-state index contributed by atoms with van der Waals surface area (Å²) in [5.41, 5.74) is 0.350. The molecule has 0 atom stereocenters. The van der Waals surface area contributed by atoms with Crippen LogP contribution in [0.1, 0.15) is 49.7 Å². The molecule has 3 aromatic rings. The predicted molar refractivity (Wildman–Crippen MR) is 90.2 cm³/mol. The molecule has 1 aromatic carbocycles. The minimum absolute atomic E-state index is 0.161. The fraction of sp³-hybridized carbons (Fsp3) is 0.412. The molecule has 0 amide bonds. The fourth-order valence-electron chi connectivity index (χ4n) is 3.27. The van der Waals surface area contributed by atoms with Gasteiger partial charge in [-0.2, -0.15) is 4.98 Å². The topological polar surface area (TPSA) is 73.8 Å². The van der Waals surface area contributed by atoms with Crippen molar-refractivity contribution in [2.24, 2.45) is 0 Å². The lowest BCUT2D eigenvalue weighted by Gasteiger charge is -2.17. The van der Waals surface area contributed by atoms with Crippen molar-refractivity contribution in [1.82, 2.24) is 19.7 Å². The Kier molecular flexibility index (Phi) is 4.06. The molecule has 4 rings (SSSR count). The van der Waals surface area contributed by atoms with E-state index in [-0.39, 0.29) is 12.1 Å². The Morgan fingerprint density at radius 1 is 1.25 bits per heavy atom. The number of hydrogen-bond donors (Lipinski definition) is 0. The van der Waals surface area contributed by atoms with Crippen molar-refractivity contribution in [3.05, 3.63) is 51.6 Å². The number of hydrogen-bond acceptors (Lipinski definition) is 5. The van der Waals surface area contributed by atoms with Gasteiger partial charge in [0.2, 0.25) is 5.89 Å². The van der Waals surface area contributed by atoms with Crippen LogP contribution in [0.15, 0.2) is 33.8 Å². The van der Waals surface area contributed by atoms with Crippen molar-refractivity contribution in [3.63, 3.8) is 0 Å². The van der Waals surface area contributed by atoms with Gasteiger partial charge in [0.15, 0.2) is 5.82 Å². The number of benzene rings is 1. The van der Waals surface area contributed by atoms with E-state index in [1.807, 2.05) is 0 Å². The van der Waals surface area contributed by atoms with E-state index in [1.165, 1.54) is 30.2 Å². The maximum absolute atomic E-state index is 12.6. The van der Waals surface area contributed by atoms with E-state index in [2.05, 4.69) is 15.1 Å². The van der Waals surface area contributed by atoms with E-state index in [1.54, 1.807) is 18.2 Å². The predicted octanol–water partition coefficient (Wildman–Crippen LogP) is 3.53. The average Bonchev–Trinajstić information content (AvgIpc) is 3.07. The second-order valence-electron chi connectivity index (χ2n) is 6.20. The van der Waals surface area contributed by atoms with E-state index in [0.717, 1.165) is 12.8 Å². The highest BCUT2D eigenvalue weighted by molar-refractivity contribution is 6.34. The van der Waals surface area contributed by atoms with Gasteiger partial charge < -0.3 is 4.52 Å². The number of nitrogens with zero attached hydrogens (tertiary/aromatic N) is 4. The maximum Gasteiger partial charge on any atom is 0.261 e. The molecule has 24 heavy (non-hydrogen) atoms. The lowest BCUT2D eigenvalue weighted by molar-refractivity contribution is 0.312. The molecule has 1 saturated carbocycles. The Morgan fingerprint density at radius 2 is 2.08 bits per heavy atom. The highest BCUT2D eigenvalue weighted by atomic mass is 35.5. The number of halogens is 1. The van der Waals surface area contributed by atoms with Crippen LogP contribution < -0.4 is 5.56 Å². The van der Waals surface area contributed by atoms with Crippen molar-refractivity contribution < 1.29 is 4.52 Å². The van der Waals surface area contributed by atoms with E-state index >= 15 is 0 Å². The van der Waals surface area contributed by atoms with Gasteiger partial charge in [0.05, 0.1) is 28.8 Å². The first-order valence-corrected chi connectivity index (χ1v) is 8.56. The summed E-state index contributed by atoms with van der Waals surface area (Å²) in [4.78, 5) is 21.3. The monoisotopic (exact) mass is 344 g/mol. The molecule has 0 bridgehead atoms. The highest BCUT2D eigenvalue weighted by Gasteiger charge is 2.21. The Bertz CT molecular complexity index is 928. The summed E-state index contributed by atoms with van der Waals surface area (Å²) in [6.45, 7) is 0.241. The molecule has 2 aromatic heterocycles. The van der Waals surface area contributed by atoms with Crippen molar-refractivity contribution in [2.45, 2.75) is 44.6 Å². The van der Waals surface area contributed by atoms with E-state index in [9.17, 15) is 4.79 Å². The van der Waals surface area contributed by atoms with Gasteiger partial charge in [-0.3, -0.25) is 9.36 Å². The van der Waals surface area contributed by atoms with E-state index < -0.39 is 0 Å². The quantitative estimate of drug-likeness (QED) is 0.726. The first kappa shape index (κ1) is 15.3. The molecule has 124 valence electrons. The molecule has 0 aliphatic heterocycles. The van der Waals surface area contributed by atoms with E-state index in [4.69, 9.17) is 16.1 Å². The molecule has 0 spiro atoms. The highest BCUT2D eigenvalue weighted by Crippen LogP contribution is 2.31.